The van der Waals surface area contributed by atoms with E-state index in [9.17, 15) is 14.4 Å². The predicted molar refractivity (Wildman–Crippen MR) is 112 cm³/mol. The number of benzene rings is 2. The van der Waals surface area contributed by atoms with E-state index in [2.05, 4.69) is 31.6 Å². The van der Waals surface area contributed by atoms with Gasteiger partial charge in [-0.15, -0.1) is 0 Å². The zero-order chi connectivity index (χ0) is 20.8. The number of hydrogen-bond acceptors (Lipinski definition) is 5. The van der Waals surface area contributed by atoms with Gasteiger partial charge >= 0.3 is 12.1 Å². The molecule has 2 aromatic carbocycles. The fraction of sp³-hybridized carbons (Fsp3) is 0.158. The van der Waals surface area contributed by atoms with Crippen LogP contribution in [0.1, 0.15) is 15.9 Å². The molecule has 0 saturated carbocycles. The molecule has 1 aliphatic rings. The highest BCUT2D eigenvalue weighted by Gasteiger charge is 2.14. The van der Waals surface area contributed by atoms with E-state index in [4.69, 9.17) is 5.73 Å². The van der Waals surface area contributed by atoms with Crippen LogP contribution in [-0.2, 0) is 0 Å². The Balaban J connectivity index is 1.72. The quantitative estimate of drug-likeness (QED) is 0.455. The number of nitrogens with zero attached hydrogens (tertiary/aromatic N) is 1. The van der Waals surface area contributed by atoms with Gasteiger partial charge in [-0.2, -0.15) is 0 Å². The van der Waals surface area contributed by atoms with Crippen LogP contribution in [0.2, 0.25) is 0 Å². The zero-order valence-corrected chi connectivity index (χ0v) is 15.7. The normalized spacial score (nSPS) is 12.4. The Labute approximate surface area is 167 Å². The van der Waals surface area contributed by atoms with Crippen LogP contribution >= 0.6 is 0 Å². The maximum atomic E-state index is 12.4. The van der Waals surface area contributed by atoms with Crippen molar-refractivity contribution in [2.45, 2.75) is 0 Å². The SMILES string of the molecule is CNC(=O)c1ccc(NC(=O)Nc2cccc(C3=NCCN3)c2)cc1NC(N)=O. The molecule has 0 spiro atoms. The van der Waals surface area contributed by atoms with Gasteiger partial charge < -0.3 is 32.3 Å². The van der Waals surface area contributed by atoms with E-state index in [1.165, 1.54) is 19.2 Å². The fourth-order valence-corrected chi connectivity index (χ4v) is 2.82. The molecule has 150 valence electrons. The number of rotatable bonds is 5. The molecule has 0 bridgehead atoms. The predicted octanol–water partition coefficient (Wildman–Crippen LogP) is 1.53. The molecular formula is C19H21N7O3. The number of aliphatic imine (C=N–C) groups is 1. The second-order valence-electron chi connectivity index (χ2n) is 6.15. The lowest BCUT2D eigenvalue weighted by Gasteiger charge is -2.13. The first-order chi connectivity index (χ1) is 14.0. The van der Waals surface area contributed by atoms with Crippen LogP contribution < -0.4 is 32.3 Å². The summed E-state index contributed by atoms with van der Waals surface area (Å²) in [6.07, 6.45) is 0. The van der Waals surface area contributed by atoms with E-state index in [1.807, 2.05) is 18.2 Å². The van der Waals surface area contributed by atoms with Crippen molar-refractivity contribution in [2.24, 2.45) is 10.7 Å². The van der Waals surface area contributed by atoms with Crippen molar-refractivity contribution < 1.29 is 14.4 Å². The number of carbonyl (C=O) groups is 3. The first-order valence-electron chi connectivity index (χ1n) is 8.85. The molecule has 7 N–H and O–H groups in total. The summed E-state index contributed by atoms with van der Waals surface area (Å²) in [4.78, 5) is 39.8. The van der Waals surface area contributed by atoms with Crippen molar-refractivity contribution in [2.75, 3.05) is 36.1 Å². The van der Waals surface area contributed by atoms with E-state index in [1.54, 1.807) is 12.1 Å². The zero-order valence-electron chi connectivity index (χ0n) is 15.7. The molecule has 0 saturated heterocycles. The second-order valence-corrected chi connectivity index (χ2v) is 6.15. The first kappa shape index (κ1) is 19.7. The van der Waals surface area contributed by atoms with Crippen molar-refractivity contribution in [1.82, 2.24) is 10.6 Å². The summed E-state index contributed by atoms with van der Waals surface area (Å²) in [5.41, 5.74) is 7.40. The Kier molecular flexibility index (Phi) is 5.93. The fourth-order valence-electron chi connectivity index (χ4n) is 2.82. The maximum absolute atomic E-state index is 12.4. The van der Waals surface area contributed by atoms with Crippen LogP contribution in [0, 0.1) is 0 Å². The summed E-state index contributed by atoms with van der Waals surface area (Å²) < 4.78 is 0. The van der Waals surface area contributed by atoms with Gasteiger partial charge in [0, 0.05) is 30.5 Å². The van der Waals surface area contributed by atoms with Crippen LogP contribution in [0.5, 0.6) is 0 Å². The summed E-state index contributed by atoms with van der Waals surface area (Å²) in [7, 11) is 1.47. The van der Waals surface area contributed by atoms with Crippen LogP contribution in [-0.4, -0.2) is 43.9 Å². The third-order valence-corrected chi connectivity index (χ3v) is 4.08. The highest BCUT2D eigenvalue weighted by molar-refractivity contribution is 6.06. The molecule has 29 heavy (non-hydrogen) atoms. The topological polar surface area (TPSA) is 150 Å². The number of nitrogens with one attached hydrogen (secondary N) is 5. The van der Waals surface area contributed by atoms with Gasteiger partial charge in [0.05, 0.1) is 17.8 Å². The number of hydrogen-bond donors (Lipinski definition) is 6. The third kappa shape index (κ3) is 5.01. The van der Waals surface area contributed by atoms with Crippen molar-refractivity contribution in [1.29, 1.82) is 0 Å². The summed E-state index contributed by atoms with van der Waals surface area (Å²) in [6, 6.07) is 10.5. The molecular weight excluding hydrogens is 374 g/mol. The minimum Gasteiger partial charge on any atom is -0.368 e. The Morgan fingerprint density at radius 1 is 1.03 bits per heavy atom. The van der Waals surface area contributed by atoms with Gasteiger partial charge in [0.25, 0.3) is 5.91 Å². The number of urea groups is 2. The summed E-state index contributed by atoms with van der Waals surface area (Å²) in [5.74, 6) is 0.394. The standard InChI is InChI=1S/C19H21N7O3/c1-21-17(27)14-6-5-13(10-15(14)26-18(20)28)25-19(29)24-12-4-2-3-11(9-12)16-22-7-8-23-16/h2-6,9-10H,7-8H2,1H3,(H,21,27)(H,22,23)(H3,20,26,28)(H2,24,25,29). The van der Waals surface area contributed by atoms with Crippen molar-refractivity contribution in [3.05, 3.63) is 53.6 Å². The minimum absolute atomic E-state index is 0.182. The number of amides is 5. The average molecular weight is 395 g/mol. The maximum Gasteiger partial charge on any atom is 0.323 e. The lowest BCUT2D eigenvalue weighted by atomic mass is 10.1. The molecule has 1 heterocycles. The van der Waals surface area contributed by atoms with Crippen molar-refractivity contribution in [3.8, 4) is 0 Å². The average Bonchev–Trinajstić information content (AvgIpc) is 3.22. The van der Waals surface area contributed by atoms with E-state index in [0.29, 0.717) is 11.4 Å². The monoisotopic (exact) mass is 395 g/mol. The van der Waals surface area contributed by atoms with Gasteiger partial charge in [0.1, 0.15) is 5.84 Å². The summed E-state index contributed by atoms with van der Waals surface area (Å²) in [6.45, 7) is 1.52. The van der Waals surface area contributed by atoms with Gasteiger partial charge in [-0.25, -0.2) is 9.59 Å². The Hall–Kier alpha value is -4.08. The number of anilines is 3. The van der Waals surface area contributed by atoms with Crippen LogP contribution in [0.4, 0.5) is 26.7 Å². The molecule has 0 radical (unpaired) electrons. The molecule has 0 fully saturated rings. The van der Waals surface area contributed by atoms with E-state index in [-0.39, 0.29) is 11.3 Å². The molecule has 0 atom stereocenters. The largest absolute Gasteiger partial charge is 0.368 e. The van der Waals surface area contributed by atoms with E-state index >= 15 is 0 Å². The van der Waals surface area contributed by atoms with Gasteiger partial charge in [0.2, 0.25) is 0 Å². The smallest absolute Gasteiger partial charge is 0.323 e. The Bertz CT molecular complexity index is 988. The first-order valence-corrected chi connectivity index (χ1v) is 8.85. The van der Waals surface area contributed by atoms with Gasteiger partial charge in [0.15, 0.2) is 0 Å². The van der Waals surface area contributed by atoms with Crippen LogP contribution in [0.15, 0.2) is 47.5 Å². The number of amidine groups is 1. The number of carbonyl (C=O) groups excluding carboxylic acids is 3. The molecule has 3 rings (SSSR count). The van der Waals surface area contributed by atoms with Gasteiger partial charge in [-0.3, -0.25) is 9.79 Å². The highest BCUT2D eigenvalue weighted by Crippen LogP contribution is 2.21. The van der Waals surface area contributed by atoms with Crippen LogP contribution in [0.25, 0.3) is 0 Å². The second kappa shape index (κ2) is 8.74. The highest BCUT2D eigenvalue weighted by atomic mass is 16.2. The summed E-state index contributed by atoms with van der Waals surface area (Å²) >= 11 is 0. The molecule has 5 amide bonds. The molecule has 0 unspecified atom stereocenters. The number of nitrogens with two attached hydrogens (primary N) is 1. The molecule has 10 nitrogen and oxygen atoms in total. The van der Waals surface area contributed by atoms with Gasteiger partial charge in [-0.05, 0) is 30.3 Å². The third-order valence-electron chi connectivity index (χ3n) is 4.08. The van der Waals surface area contributed by atoms with Crippen LogP contribution in [0.3, 0.4) is 0 Å². The molecule has 1 aliphatic heterocycles. The Morgan fingerprint density at radius 2 is 1.79 bits per heavy atom. The van der Waals surface area contributed by atoms with E-state index in [0.717, 1.165) is 24.5 Å². The lowest BCUT2D eigenvalue weighted by Crippen LogP contribution is -2.25. The minimum atomic E-state index is -0.822. The van der Waals surface area contributed by atoms with Crippen molar-refractivity contribution >= 4 is 40.9 Å². The molecule has 2 aromatic rings. The van der Waals surface area contributed by atoms with Crippen molar-refractivity contribution in [3.63, 3.8) is 0 Å². The Morgan fingerprint density at radius 3 is 2.45 bits per heavy atom. The van der Waals surface area contributed by atoms with E-state index < -0.39 is 18.0 Å². The van der Waals surface area contributed by atoms with Gasteiger partial charge in [-0.1, -0.05) is 12.1 Å². The molecule has 0 aliphatic carbocycles. The number of primary amides is 1. The lowest BCUT2D eigenvalue weighted by molar-refractivity contribution is 0.0964. The summed E-state index contributed by atoms with van der Waals surface area (Å²) in [5, 5.41) is 13.4. The molecule has 10 heteroatoms. The molecule has 0 aromatic heterocycles.